The van der Waals surface area contributed by atoms with Crippen LogP contribution >= 0.6 is 12.4 Å². The van der Waals surface area contributed by atoms with E-state index < -0.39 is 0 Å². The first kappa shape index (κ1) is 14.2. The van der Waals surface area contributed by atoms with Crippen LogP contribution in [0, 0.1) is 11.3 Å². The maximum Gasteiger partial charge on any atom is 0.0593 e. The number of hydrogen-bond acceptors (Lipinski definition) is 3. The van der Waals surface area contributed by atoms with Crippen molar-refractivity contribution in [2.24, 2.45) is 17.1 Å². The largest absolute Gasteiger partial charge is 0.380 e. The summed E-state index contributed by atoms with van der Waals surface area (Å²) in [5.41, 5.74) is 6.13. The molecule has 2 aliphatic rings. The number of halogens is 1. The second-order valence-corrected chi connectivity index (χ2v) is 5.56. The number of likely N-dealkylation sites (tertiary alicyclic amines) is 1. The van der Waals surface area contributed by atoms with Gasteiger partial charge in [0.05, 0.1) is 6.61 Å². The molecule has 16 heavy (non-hydrogen) atoms. The lowest BCUT2D eigenvalue weighted by Crippen LogP contribution is -2.32. The normalized spacial score (nSPS) is 30.4. The van der Waals surface area contributed by atoms with Gasteiger partial charge in [-0.3, -0.25) is 0 Å². The number of nitrogens with zero attached hydrogens (tertiary/aromatic N) is 1. The zero-order valence-corrected chi connectivity index (χ0v) is 11.1. The number of nitrogens with two attached hydrogens (primary N) is 1. The van der Waals surface area contributed by atoms with Crippen LogP contribution in [-0.4, -0.2) is 44.3 Å². The van der Waals surface area contributed by atoms with Crippen molar-refractivity contribution in [2.45, 2.75) is 26.2 Å². The summed E-state index contributed by atoms with van der Waals surface area (Å²) < 4.78 is 5.65. The fourth-order valence-corrected chi connectivity index (χ4v) is 2.21. The molecule has 1 heterocycles. The van der Waals surface area contributed by atoms with E-state index in [1.54, 1.807) is 0 Å². The van der Waals surface area contributed by atoms with Crippen LogP contribution in [0.4, 0.5) is 0 Å². The molecule has 2 N–H and O–H groups in total. The van der Waals surface area contributed by atoms with Gasteiger partial charge < -0.3 is 15.4 Å². The molecule has 1 saturated heterocycles. The molecule has 0 aromatic heterocycles. The van der Waals surface area contributed by atoms with Crippen molar-refractivity contribution < 1.29 is 4.74 Å². The minimum absolute atomic E-state index is 0. The smallest absolute Gasteiger partial charge is 0.0593 e. The summed E-state index contributed by atoms with van der Waals surface area (Å²) in [6.45, 7) is 8.42. The van der Waals surface area contributed by atoms with Crippen LogP contribution in [0.15, 0.2) is 0 Å². The average molecular weight is 249 g/mol. The lowest BCUT2D eigenvalue weighted by Gasteiger charge is -2.22. The van der Waals surface area contributed by atoms with Gasteiger partial charge in [0, 0.05) is 19.7 Å². The van der Waals surface area contributed by atoms with E-state index in [1.165, 1.54) is 25.8 Å². The first-order valence-electron chi connectivity index (χ1n) is 6.22. The molecule has 96 valence electrons. The van der Waals surface area contributed by atoms with Crippen molar-refractivity contribution >= 4 is 12.4 Å². The van der Waals surface area contributed by atoms with E-state index in [4.69, 9.17) is 10.5 Å². The molecule has 0 amide bonds. The molecule has 0 bridgehead atoms. The summed E-state index contributed by atoms with van der Waals surface area (Å²) in [5, 5.41) is 0. The van der Waals surface area contributed by atoms with E-state index in [1.807, 2.05) is 0 Å². The van der Waals surface area contributed by atoms with Gasteiger partial charge in [-0.15, -0.1) is 12.4 Å². The Morgan fingerprint density at radius 2 is 2.19 bits per heavy atom. The Morgan fingerprint density at radius 3 is 2.75 bits per heavy atom. The van der Waals surface area contributed by atoms with Crippen molar-refractivity contribution in [3.63, 3.8) is 0 Å². The Labute approximate surface area is 105 Å². The monoisotopic (exact) mass is 248 g/mol. The predicted octanol–water partition coefficient (Wildman–Crippen LogP) is 1.51. The molecule has 0 aromatic rings. The molecule has 1 saturated carbocycles. The molecule has 2 rings (SSSR count). The fraction of sp³-hybridized carbons (Fsp3) is 1.00. The van der Waals surface area contributed by atoms with Gasteiger partial charge in [-0.05, 0) is 43.7 Å². The van der Waals surface area contributed by atoms with Gasteiger partial charge >= 0.3 is 0 Å². The van der Waals surface area contributed by atoms with Crippen molar-refractivity contribution in [3.05, 3.63) is 0 Å². The summed E-state index contributed by atoms with van der Waals surface area (Å²) in [7, 11) is 0. The second-order valence-electron chi connectivity index (χ2n) is 5.56. The Bertz CT molecular complexity index is 211. The van der Waals surface area contributed by atoms with Crippen molar-refractivity contribution in [2.75, 3.05) is 39.4 Å². The zero-order valence-electron chi connectivity index (χ0n) is 10.3. The average Bonchev–Trinajstić information content (AvgIpc) is 2.98. The first-order chi connectivity index (χ1) is 7.22. The molecule has 1 unspecified atom stereocenters. The third kappa shape index (κ3) is 4.21. The molecule has 4 heteroatoms. The highest BCUT2D eigenvalue weighted by molar-refractivity contribution is 5.85. The number of ether oxygens (including phenoxy) is 1. The van der Waals surface area contributed by atoms with Crippen molar-refractivity contribution in [1.29, 1.82) is 0 Å². The lowest BCUT2D eigenvalue weighted by atomic mass is 9.90. The molecule has 1 aliphatic carbocycles. The van der Waals surface area contributed by atoms with Crippen LogP contribution in [0.1, 0.15) is 26.2 Å². The zero-order chi connectivity index (χ0) is 10.7. The van der Waals surface area contributed by atoms with Crippen LogP contribution in [-0.2, 0) is 4.74 Å². The molecule has 1 atom stereocenters. The van der Waals surface area contributed by atoms with Crippen LogP contribution in [0.25, 0.3) is 0 Å². The Kier molecular flexibility index (Phi) is 5.51. The van der Waals surface area contributed by atoms with Crippen LogP contribution in [0.3, 0.4) is 0 Å². The van der Waals surface area contributed by atoms with Gasteiger partial charge in [-0.2, -0.15) is 0 Å². The van der Waals surface area contributed by atoms with E-state index in [9.17, 15) is 0 Å². The van der Waals surface area contributed by atoms with Crippen molar-refractivity contribution in [1.82, 2.24) is 4.90 Å². The molecule has 1 aliphatic heterocycles. The summed E-state index contributed by atoms with van der Waals surface area (Å²) in [5.74, 6) is 0.887. The highest BCUT2D eigenvalue weighted by Gasteiger charge is 2.32. The first-order valence-corrected chi connectivity index (χ1v) is 6.22. The van der Waals surface area contributed by atoms with Crippen molar-refractivity contribution in [3.8, 4) is 0 Å². The Morgan fingerprint density at radius 1 is 1.44 bits per heavy atom. The third-order valence-electron chi connectivity index (χ3n) is 3.73. The van der Waals surface area contributed by atoms with Gasteiger partial charge in [0.15, 0.2) is 0 Å². The van der Waals surface area contributed by atoms with Crippen LogP contribution in [0.5, 0.6) is 0 Å². The molecule has 0 radical (unpaired) electrons. The minimum atomic E-state index is 0. The van der Waals surface area contributed by atoms with E-state index in [0.717, 1.165) is 38.8 Å². The van der Waals surface area contributed by atoms with Gasteiger partial charge in [0.2, 0.25) is 0 Å². The van der Waals surface area contributed by atoms with E-state index >= 15 is 0 Å². The summed E-state index contributed by atoms with van der Waals surface area (Å²) in [6, 6.07) is 0. The molecule has 3 nitrogen and oxygen atoms in total. The quantitative estimate of drug-likeness (QED) is 0.725. The minimum Gasteiger partial charge on any atom is -0.380 e. The SMILES string of the molecule is CC1(CN)CCN(CCOCC2CC2)C1.Cl. The Hall–Kier alpha value is 0.170. The topological polar surface area (TPSA) is 38.5 Å². The highest BCUT2D eigenvalue weighted by atomic mass is 35.5. The summed E-state index contributed by atoms with van der Waals surface area (Å²) in [4.78, 5) is 2.49. The molecule has 2 fully saturated rings. The van der Waals surface area contributed by atoms with Gasteiger partial charge in [-0.1, -0.05) is 6.92 Å². The predicted molar refractivity (Wildman–Crippen MR) is 69.0 cm³/mol. The molecular formula is C12H25ClN2O. The number of rotatable bonds is 6. The fourth-order valence-electron chi connectivity index (χ4n) is 2.21. The molecule has 0 spiro atoms. The summed E-state index contributed by atoms with van der Waals surface area (Å²) in [6.07, 6.45) is 4.01. The Balaban J connectivity index is 0.00000128. The highest BCUT2D eigenvalue weighted by Crippen LogP contribution is 2.29. The molecular weight excluding hydrogens is 224 g/mol. The second kappa shape index (κ2) is 6.20. The lowest BCUT2D eigenvalue weighted by molar-refractivity contribution is 0.100. The molecule has 0 aromatic carbocycles. The maximum absolute atomic E-state index is 5.78. The summed E-state index contributed by atoms with van der Waals surface area (Å²) >= 11 is 0. The van der Waals surface area contributed by atoms with Gasteiger partial charge in [-0.25, -0.2) is 0 Å². The maximum atomic E-state index is 5.78. The standard InChI is InChI=1S/C12H24N2O.ClH/c1-12(9-13)4-5-14(10-12)6-7-15-8-11-2-3-11;/h11H,2-10,13H2,1H3;1H. The third-order valence-corrected chi connectivity index (χ3v) is 3.73. The van der Waals surface area contributed by atoms with E-state index in [0.29, 0.717) is 5.41 Å². The van der Waals surface area contributed by atoms with Gasteiger partial charge in [0.25, 0.3) is 0 Å². The van der Waals surface area contributed by atoms with E-state index in [2.05, 4.69) is 11.8 Å². The van der Waals surface area contributed by atoms with E-state index in [-0.39, 0.29) is 12.4 Å². The number of hydrogen-bond donors (Lipinski definition) is 1. The van der Waals surface area contributed by atoms with Crippen LogP contribution < -0.4 is 5.73 Å². The van der Waals surface area contributed by atoms with Crippen LogP contribution in [0.2, 0.25) is 0 Å². The van der Waals surface area contributed by atoms with Gasteiger partial charge in [0.1, 0.15) is 0 Å².